The highest BCUT2D eigenvalue weighted by Gasteiger charge is 2.27. The lowest BCUT2D eigenvalue weighted by atomic mass is 9.95. The molecule has 1 N–H and O–H groups in total. The van der Waals surface area contributed by atoms with E-state index < -0.39 is 0 Å². The lowest BCUT2D eigenvalue weighted by molar-refractivity contribution is -0.122. The molecule has 0 spiro atoms. The smallest absolute Gasteiger partial charge is 0.234 e. The van der Waals surface area contributed by atoms with E-state index in [1.165, 1.54) is 12.8 Å². The van der Waals surface area contributed by atoms with Crippen LogP contribution in [0.2, 0.25) is 0 Å². The van der Waals surface area contributed by atoms with Gasteiger partial charge in [-0.15, -0.1) is 0 Å². The van der Waals surface area contributed by atoms with Crippen molar-refractivity contribution in [3.63, 3.8) is 0 Å². The number of carbonyl (C=O) groups excluding carboxylic acids is 1. The van der Waals surface area contributed by atoms with Crippen molar-refractivity contribution in [1.29, 1.82) is 5.26 Å². The van der Waals surface area contributed by atoms with Gasteiger partial charge in [0.1, 0.15) is 0 Å². The van der Waals surface area contributed by atoms with E-state index in [0.717, 1.165) is 32.2 Å². The summed E-state index contributed by atoms with van der Waals surface area (Å²) in [6.45, 7) is 3.18. The SMILES string of the molecule is CCCNC(=O)CN(C)C1CCCCCC1C#N. The molecule has 0 aromatic carbocycles. The number of hydrogen-bond donors (Lipinski definition) is 1. The van der Waals surface area contributed by atoms with Gasteiger partial charge in [-0.25, -0.2) is 0 Å². The van der Waals surface area contributed by atoms with Gasteiger partial charge in [0.25, 0.3) is 0 Å². The highest BCUT2D eigenvalue weighted by Crippen LogP contribution is 2.26. The average Bonchev–Trinajstić information content (AvgIpc) is 2.61. The molecular formula is C14H25N3O. The van der Waals surface area contributed by atoms with Crippen molar-refractivity contribution in [2.75, 3.05) is 20.1 Å². The van der Waals surface area contributed by atoms with Gasteiger partial charge in [0, 0.05) is 12.6 Å². The molecule has 1 amide bonds. The lowest BCUT2D eigenvalue weighted by Gasteiger charge is -2.29. The van der Waals surface area contributed by atoms with E-state index in [9.17, 15) is 10.1 Å². The summed E-state index contributed by atoms with van der Waals surface area (Å²) in [5.74, 6) is 0.150. The number of nitriles is 1. The first kappa shape index (κ1) is 15.0. The summed E-state index contributed by atoms with van der Waals surface area (Å²) >= 11 is 0. The molecule has 0 aromatic heterocycles. The van der Waals surface area contributed by atoms with E-state index in [1.807, 2.05) is 14.0 Å². The second-order valence-electron chi connectivity index (χ2n) is 5.21. The number of carbonyl (C=O) groups is 1. The van der Waals surface area contributed by atoms with Gasteiger partial charge in [-0.1, -0.05) is 26.2 Å². The molecule has 2 atom stereocenters. The van der Waals surface area contributed by atoms with Crippen LogP contribution in [0, 0.1) is 17.2 Å². The standard InChI is InChI=1S/C14H25N3O/c1-3-9-16-14(18)11-17(2)13-8-6-4-5-7-12(13)10-15/h12-13H,3-9,11H2,1-2H3,(H,16,18). The van der Waals surface area contributed by atoms with Crippen LogP contribution in [-0.2, 0) is 4.79 Å². The van der Waals surface area contributed by atoms with Crippen molar-refractivity contribution < 1.29 is 4.79 Å². The number of nitrogens with zero attached hydrogens (tertiary/aromatic N) is 2. The molecule has 0 radical (unpaired) electrons. The minimum atomic E-state index is 0.0697. The van der Waals surface area contributed by atoms with E-state index in [0.29, 0.717) is 6.54 Å². The molecule has 4 heteroatoms. The van der Waals surface area contributed by atoms with Crippen molar-refractivity contribution >= 4 is 5.91 Å². The average molecular weight is 251 g/mol. The van der Waals surface area contributed by atoms with E-state index in [2.05, 4.69) is 16.3 Å². The molecular weight excluding hydrogens is 226 g/mol. The third kappa shape index (κ3) is 4.66. The predicted octanol–water partition coefficient (Wildman–Crippen LogP) is 1.92. The minimum Gasteiger partial charge on any atom is -0.355 e. The summed E-state index contributed by atoms with van der Waals surface area (Å²) in [7, 11) is 1.96. The molecule has 0 saturated heterocycles. The quantitative estimate of drug-likeness (QED) is 0.759. The summed E-state index contributed by atoms with van der Waals surface area (Å²) in [5.41, 5.74) is 0. The lowest BCUT2D eigenvalue weighted by Crippen LogP contribution is -2.43. The van der Waals surface area contributed by atoms with Crippen LogP contribution in [0.15, 0.2) is 0 Å². The topological polar surface area (TPSA) is 56.1 Å². The summed E-state index contributed by atoms with van der Waals surface area (Å²) in [5, 5.41) is 12.1. The number of nitrogens with one attached hydrogen (secondary N) is 1. The number of rotatable bonds is 5. The van der Waals surface area contributed by atoms with Crippen LogP contribution in [0.3, 0.4) is 0 Å². The van der Waals surface area contributed by atoms with Gasteiger partial charge in [-0.3, -0.25) is 9.69 Å². The van der Waals surface area contributed by atoms with E-state index >= 15 is 0 Å². The fraction of sp³-hybridized carbons (Fsp3) is 0.857. The highest BCUT2D eigenvalue weighted by atomic mass is 16.2. The molecule has 1 aliphatic rings. The maximum atomic E-state index is 11.7. The summed E-state index contributed by atoms with van der Waals surface area (Å²) in [4.78, 5) is 13.8. The first-order valence-electron chi connectivity index (χ1n) is 7.05. The zero-order valence-corrected chi connectivity index (χ0v) is 11.6. The van der Waals surface area contributed by atoms with Crippen LogP contribution in [0.25, 0.3) is 0 Å². The van der Waals surface area contributed by atoms with Crippen LogP contribution < -0.4 is 5.32 Å². The third-order valence-electron chi connectivity index (χ3n) is 3.68. The van der Waals surface area contributed by atoms with E-state index in [1.54, 1.807) is 0 Å². The zero-order valence-electron chi connectivity index (χ0n) is 11.6. The van der Waals surface area contributed by atoms with Crippen LogP contribution in [0.1, 0.15) is 45.4 Å². The Balaban J connectivity index is 2.49. The highest BCUT2D eigenvalue weighted by molar-refractivity contribution is 5.77. The number of amides is 1. The minimum absolute atomic E-state index is 0.0697. The van der Waals surface area contributed by atoms with Gasteiger partial charge in [-0.2, -0.15) is 5.26 Å². The number of likely N-dealkylation sites (N-methyl/N-ethyl adjacent to an activating group) is 1. The molecule has 2 unspecified atom stereocenters. The Labute approximate surface area is 110 Å². The Bertz CT molecular complexity index is 298. The Hall–Kier alpha value is -1.08. The first-order chi connectivity index (χ1) is 8.69. The predicted molar refractivity (Wildman–Crippen MR) is 71.9 cm³/mol. The van der Waals surface area contributed by atoms with Crippen LogP contribution >= 0.6 is 0 Å². The van der Waals surface area contributed by atoms with Crippen molar-refractivity contribution in [3.05, 3.63) is 0 Å². The maximum Gasteiger partial charge on any atom is 0.234 e. The van der Waals surface area contributed by atoms with Crippen molar-refractivity contribution in [1.82, 2.24) is 10.2 Å². The Morgan fingerprint density at radius 1 is 1.39 bits per heavy atom. The monoisotopic (exact) mass is 251 g/mol. The molecule has 1 aliphatic carbocycles. The van der Waals surface area contributed by atoms with Crippen LogP contribution in [-0.4, -0.2) is 37.0 Å². The van der Waals surface area contributed by atoms with Crippen molar-refractivity contribution in [3.8, 4) is 6.07 Å². The summed E-state index contributed by atoms with van der Waals surface area (Å²) in [6.07, 6.45) is 6.50. The van der Waals surface area contributed by atoms with Crippen molar-refractivity contribution in [2.24, 2.45) is 5.92 Å². The molecule has 18 heavy (non-hydrogen) atoms. The molecule has 1 fully saturated rings. The molecule has 1 rings (SSSR count). The fourth-order valence-electron chi connectivity index (χ4n) is 2.63. The van der Waals surface area contributed by atoms with Gasteiger partial charge in [0.05, 0.1) is 18.5 Å². The van der Waals surface area contributed by atoms with Crippen LogP contribution in [0.4, 0.5) is 0 Å². The Morgan fingerprint density at radius 2 is 2.11 bits per heavy atom. The molecule has 1 saturated carbocycles. The maximum absolute atomic E-state index is 11.7. The molecule has 102 valence electrons. The first-order valence-corrected chi connectivity index (χ1v) is 7.05. The molecule has 4 nitrogen and oxygen atoms in total. The molecule has 0 aromatic rings. The third-order valence-corrected chi connectivity index (χ3v) is 3.68. The summed E-state index contributed by atoms with van der Waals surface area (Å²) in [6, 6.07) is 2.66. The van der Waals surface area contributed by atoms with E-state index in [-0.39, 0.29) is 17.9 Å². The zero-order chi connectivity index (χ0) is 13.4. The molecule has 0 heterocycles. The second kappa shape index (κ2) is 8.10. The molecule has 0 bridgehead atoms. The van der Waals surface area contributed by atoms with Crippen LogP contribution in [0.5, 0.6) is 0 Å². The largest absolute Gasteiger partial charge is 0.355 e. The summed E-state index contributed by atoms with van der Waals surface area (Å²) < 4.78 is 0. The second-order valence-corrected chi connectivity index (χ2v) is 5.21. The fourth-order valence-corrected chi connectivity index (χ4v) is 2.63. The van der Waals surface area contributed by atoms with Crippen molar-refractivity contribution in [2.45, 2.75) is 51.5 Å². The van der Waals surface area contributed by atoms with Gasteiger partial charge >= 0.3 is 0 Å². The van der Waals surface area contributed by atoms with Gasteiger partial charge in [-0.05, 0) is 26.3 Å². The van der Waals surface area contributed by atoms with Gasteiger partial charge < -0.3 is 5.32 Å². The Kier molecular flexibility index (Phi) is 6.74. The normalized spacial score (nSPS) is 24.3. The Morgan fingerprint density at radius 3 is 2.78 bits per heavy atom. The van der Waals surface area contributed by atoms with E-state index in [4.69, 9.17) is 0 Å². The van der Waals surface area contributed by atoms with Gasteiger partial charge in [0.15, 0.2) is 0 Å². The van der Waals surface area contributed by atoms with Gasteiger partial charge in [0.2, 0.25) is 5.91 Å². The number of hydrogen-bond acceptors (Lipinski definition) is 3. The molecule has 0 aliphatic heterocycles.